The molecule has 0 saturated carbocycles. The largest absolute Gasteiger partial charge is 0.492 e. The van der Waals surface area contributed by atoms with Gasteiger partial charge < -0.3 is 10.1 Å². The van der Waals surface area contributed by atoms with Gasteiger partial charge in [-0.1, -0.05) is 24.6 Å². The van der Waals surface area contributed by atoms with Crippen molar-refractivity contribution >= 4 is 21.6 Å². The van der Waals surface area contributed by atoms with Gasteiger partial charge in [0.05, 0.1) is 10.8 Å². The number of piperidine rings is 1. The van der Waals surface area contributed by atoms with E-state index in [1.54, 1.807) is 28.6 Å². The molecular formula is C23H28N2O4S. The number of nitrogens with one attached hydrogen (secondary N) is 1. The minimum absolute atomic E-state index is 0.00712. The van der Waals surface area contributed by atoms with E-state index < -0.39 is 10.0 Å². The van der Waals surface area contributed by atoms with Gasteiger partial charge in [-0.15, -0.1) is 0 Å². The fourth-order valence-electron chi connectivity index (χ4n) is 4.44. The van der Waals surface area contributed by atoms with Gasteiger partial charge >= 0.3 is 0 Å². The summed E-state index contributed by atoms with van der Waals surface area (Å²) in [5, 5.41) is 2.89. The number of carbonyl (C=O) groups excluding carboxylic acids is 1. The Hall–Kier alpha value is -2.38. The maximum atomic E-state index is 13.1. The number of benzene rings is 2. The highest BCUT2D eigenvalue weighted by molar-refractivity contribution is 7.89. The Balaban J connectivity index is 1.44. The number of hydrogen-bond acceptors (Lipinski definition) is 4. The van der Waals surface area contributed by atoms with Crippen LogP contribution in [0.3, 0.4) is 0 Å². The van der Waals surface area contributed by atoms with Gasteiger partial charge in [0.2, 0.25) is 15.9 Å². The lowest BCUT2D eigenvalue weighted by molar-refractivity contribution is -0.121. The Morgan fingerprint density at radius 3 is 2.40 bits per heavy atom. The number of hydrogen-bond donors (Lipinski definition) is 1. The standard InChI is InChI=1S/C23H28N2O4S/c1-16-6-5-7-17(2)25(16)30(27,28)21-12-10-20(11-13-21)24-23(26)19-14-18-8-3-4-9-22(18)29-15-19/h3-4,8-13,16-17,19H,5-7,14-15H2,1-2H3,(H,24,26)/t16-,17+,19-/m0/s1. The number of carbonyl (C=O) groups is 1. The first kappa shape index (κ1) is 20.9. The van der Waals surface area contributed by atoms with Crippen LogP contribution in [-0.2, 0) is 21.2 Å². The van der Waals surface area contributed by atoms with Crippen molar-refractivity contribution in [2.75, 3.05) is 11.9 Å². The lowest BCUT2D eigenvalue weighted by Crippen LogP contribution is -2.47. The van der Waals surface area contributed by atoms with Crippen LogP contribution in [0.5, 0.6) is 5.75 Å². The zero-order chi connectivity index (χ0) is 21.3. The first-order valence-corrected chi connectivity index (χ1v) is 12.0. The molecule has 1 saturated heterocycles. The Bertz CT molecular complexity index is 1010. The number of nitrogens with zero attached hydrogens (tertiary/aromatic N) is 1. The van der Waals surface area contributed by atoms with Gasteiger partial charge in [-0.3, -0.25) is 4.79 Å². The molecule has 2 heterocycles. The molecular weight excluding hydrogens is 400 g/mol. The monoisotopic (exact) mass is 428 g/mol. The Morgan fingerprint density at radius 1 is 1.03 bits per heavy atom. The second-order valence-electron chi connectivity index (χ2n) is 8.30. The van der Waals surface area contributed by atoms with Gasteiger partial charge in [0.1, 0.15) is 12.4 Å². The molecule has 1 N–H and O–H groups in total. The summed E-state index contributed by atoms with van der Waals surface area (Å²) in [4.78, 5) is 12.9. The van der Waals surface area contributed by atoms with E-state index in [9.17, 15) is 13.2 Å². The maximum absolute atomic E-state index is 13.1. The average molecular weight is 429 g/mol. The van der Waals surface area contributed by atoms with Crippen molar-refractivity contribution in [3.8, 4) is 5.75 Å². The fourth-order valence-corrected chi connectivity index (χ4v) is 6.33. The summed E-state index contributed by atoms with van der Waals surface area (Å²) in [7, 11) is -3.56. The van der Waals surface area contributed by atoms with Crippen LogP contribution in [0.4, 0.5) is 5.69 Å². The lowest BCUT2D eigenvalue weighted by Gasteiger charge is -2.37. The molecule has 0 bridgehead atoms. The van der Waals surface area contributed by atoms with Crippen molar-refractivity contribution in [3.63, 3.8) is 0 Å². The molecule has 1 amide bonds. The molecule has 0 aromatic heterocycles. The van der Waals surface area contributed by atoms with E-state index in [1.165, 1.54) is 0 Å². The third-order valence-corrected chi connectivity index (χ3v) is 8.20. The highest BCUT2D eigenvalue weighted by Crippen LogP contribution is 2.30. The molecule has 160 valence electrons. The fraction of sp³-hybridized carbons (Fsp3) is 0.435. The first-order chi connectivity index (χ1) is 14.4. The van der Waals surface area contributed by atoms with Gasteiger partial charge in [0, 0.05) is 17.8 Å². The van der Waals surface area contributed by atoms with Crippen LogP contribution in [0.25, 0.3) is 0 Å². The van der Waals surface area contributed by atoms with E-state index >= 15 is 0 Å². The summed E-state index contributed by atoms with van der Waals surface area (Å²) < 4.78 is 33.6. The molecule has 0 aliphatic carbocycles. The van der Waals surface area contributed by atoms with Crippen molar-refractivity contribution in [3.05, 3.63) is 54.1 Å². The van der Waals surface area contributed by atoms with Crippen LogP contribution < -0.4 is 10.1 Å². The number of anilines is 1. The van der Waals surface area contributed by atoms with Crippen molar-refractivity contribution in [1.82, 2.24) is 4.31 Å². The predicted molar refractivity (Wildman–Crippen MR) is 116 cm³/mol. The summed E-state index contributed by atoms with van der Waals surface area (Å²) in [5.41, 5.74) is 1.60. The summed E-state index contributed by atoms with van der Waals surface area (Å²) in [6.45, 7) is 4.26. The predicted octanol–water partition coefficient (Wildman–Crippen LogP) is 3.83. The van der Waals surface area contributed by atoms with E-state index in [2.05, 4.69) is 5.32 Å². The van der Waals surface area contributed by atoms with E-state index in [0.717, 1.165) is 30.6 Å². The molecule has 7 heteroatoms. The Morgan fingerprint density at radius 2 is 1.70 bits per heavy atom. The zero-order valence-corrected chi connectivity index (χ0v) is 18.2. The van der Waals surface area contributed by atoms with Crippen LogP contribution in [0.2, 0.25) is 0 Å². The molecule has 0 radical (unpaired) electrons. The minimum Gasteiger partial charge on any atom is -0.492 e. The number of rotatable bonds is 4. The van der Waals surface area contributed by atoms with Gasteiger partial charge in [-0.05, 0) is 69.0 Å². The molecule has 0 unspecified atom stereocenters. The molecule has 30 heavy (non-hydrogen) atoms. The second-order valence-corrected chi connectivity index (χ2v) is 10.1. The molecule has 2 aromatic carbocycles. The molecule has 2 aromatic rings. The average Bonchev–Trinajstić information content (AvgIpc) is 2.73. The van der Waals surface area contributed by atoms with E-state index in [4.69, 9.17) is 4.74 Å². The van der Waals surface area contributed by atoms with Gasteiger partial charge in [0.15, 0.2) is 0 Å². The van der Waals surface area contributed by atoms with Crippen LogP contribution in [-0.4, -0.2) is 37.3 Å². The third-order valence-electron chi connectivity index (χ3n) is 6.06. The summed E-state index contributed by atoms with van der Waals surface area (Å²) in [6.07, 6.45) is 3.43. The topological polar surface area (TPSA) is 75.7 Å². The van der Waals surface area contributed by atoms with Crippen molar-refractivity contribution in [2.24, 2.45) is 5.92 Å². The van der Waals surface area contributed by atoms with E-state index in [-0.39, 0.29) is 28.8 Å². The quantitative estimate of drug-likeness (QED) is 0.803. The SMILES string of the molecule is C[C@@H]1CCC[C@H](C)N1S(=O)(=O)c1ccc(NC(=O)[C@@H]2COc3ccccc3C2)cc1. The van der Waals surface area contributed by atoms with E-state index in [0.29, 0.717) is 18.7 Å². The van der Waals surface area contributed by atoms with Crippen molar-refractivity contribution < 1.29 is 17.9 Å². The summed E-state index contributed by atoms with van der Waals surface area (Å²) in [6, 6.07) is 14.2. The number of para-hydroxylation sites is 1. The number of amides is 1. The minimum atomic E-state index is -3.56. The maximum Gasteiger partial charge on any atom is 0.243 e. The molecule has 1 fully saturated rings. The highest BCUT2D eigenvalue weighted by atomic mass is 32.2. The van der Waals surface area contributed by atoms with E-state index in [1.807, 2.05) is 38.1 Å². The number of sulfonamides is 1. The molecule has 0 spiro atoms. The Kier molecular flexibility index (Phi) is 5.84. The summed E-state index contributed by atoms with van der Waals surface area (Å²) >= 11 is 0. The second kappa shape index (κ2) is 8.40. The van der Waals surface area contributed by atoms with Crippen molar-refractivity contribution in [1.29, 1.82) is 0 Å². The number of fused-ring (bicyclic) bond motifs is 1. The van der Waals surface area contributed by atoms with Gasteiger partial charge in [-0.25, -0.2) is 8.42 Å². The smallest absolute Gasteiger partial charge is 0.243 e. The summed E-state index contributed by atoms with van der Waals surface area (Å²) in [5.74, 6) is 0.425. The van der Waals surface area contributed by atoms with Gasteiger partial charge in [-0.2, -0.15) is 4.31 Å². The van der Waals surface area contributed by atoms with Crippen LogP contribution in [0.15, 0.2) is 53.4 Å². The van der Waals surface area contributed by atoms with Crippen molar-refractivity contribution in [2.45, 2.75) is 56.5 Å². The Labute approximate surface area is 178 Å². The first-order valence-electron chi connectivity index (χ1n) is 10.5. The lowest BCUT2D eigenvalue weighted by atomic mass is 9.96. The number of ether oxygens (including phenoxy) is 1. The molecule has 2 aliphatic heterocycles. The third kappa shape index (κ3) is 4.09. The molecule has 6 nitrogen and oxygen atoms in total. The molecule has 3 atom stereocenters. The highest BCUT2D eigenvalue weighted by Gasteiger charge is 2.35. The van der Waals surface area contributed by atoms with Crippen LogP contribution in [0.1, 0.15) is 38.7 Å². The zero-order valence-electron chi connectivity index (χ0n) is 17.4. The molecule has 4 rings (SSSR count). The van der Waals surface area contributed by atoms with Crippen LogP contribution in [0, 0.1) is 5.92 Å². The normalized spacial score (nSPS) is 24.5. The molecule has 2 aliphatic rings. The van der Waals surface area contributed by atoms with Crippen LogP contribution >= 0.6 is 0 Å². The van der Waals surface area contributed by atoms with Gasteiger partial charge in [0.25, 0.3) is 0 Å².